The van der Waals surface area contributed by atoms with E-state index in [2.05, 4.69) is 22.3 Å². The van der Waals surface area contributed by atoms with E-state index in [-0.39, 0.29) is 17.9 Å². The van der Waals surface area contributed by atoms with E-state index in [4.69, 9.17) is 9.47 Å². The van der Waals surface area contributed by atoms with Gasteiger partial charge >= 0.3 is 0 Å². The van der Waals surface area contributed by atoms with Crippen LogP contribution in [-0.2, 0) is 27.4 Å². The number of rotatable bonds is 9. The minimum atomic E-state index is -0.440. The Labute approximate surface area is 151 Å². The summed E-state index contributed by atoms with van der Waals surface area (Å²) in [5, 5.41) is 3.05. The maximum Gasteiger partial charge on any atom is 0.249 e. The third kappa shape index (κ3) is 6.42. The van der Waals surface area contributed by atoms with Crippen molar-refractivity contribution in [3.63, 3.8) is 0 Å². The van der Waals surface area contributed by atoms with Gasteiger partial charge in [-0.2, -0.15) is 0 Å². The molecule has 1 heterocycles. The molecule has 1 fully saturated rings. The standard InChI is InChI=1S/C20H32N2O3/c1-15(2)19(25-14-18-10-7-11-24-18)20(23)21-12-16-8-5-6-9-17(16)13-22(3)4/h5-6,8-9,15,18-19H,7,10-14H2,1-4H3,(H,21,23)/t18-,19+/m0/s1. The molecule has 2 atom stereocenters. The molecule has 1 aromatic carbocycles. The number of nitrogens with one attached hydrogen (secondary N) is 1. The smallest absolute Gasteiger partial charge is 0.249 e. The molecule has 1 amide bonds. The minimum Gasteiger partial charge on any atom is -0.376 e. The molecule has 0 spiro atoms. The fourth-order valence-electron chi connectivity index (χ4n) is 3.07. The molecule has 140 valence electrons. The summed E-state index contributed by atoms with van der Waals surface area (Å²) >= 11 is 0. The first kappa shape index (κ1) is 19.9. The average molecular weight is 348 g/mol. The molecule has 2 rings (SSSR count). The van der Waals surface area contributed by atoms with Gasteiger partial charge in [0.25, 0.3) is 0 Å². The van der Waals surface area contributed by atoms with Crippen molar-refractivity contribution < 1.29 is 14.3 Å². The Morgan fingerprint density at radius 1 is 1.32 bits per heavy atom. The lowest BCUT2D eigenvalue weighted by atomic mass is 10.0. The van der Waals surface area contributed by atoms with Gasteiger partial charge in [-0.15, -0.1) is 0 Å². The largest absolute Gasteiger partial charge is 0.376 e. The molecule has 1 aliphatic rings. The summed E-state index contributed by atoms with van der Waals surface area (Å²) < 4.78 is 11.5. The number of carbonyl (C=O) groups excluding carboxylic acids is 1. The summed E-state index contributed by atoms with van der Waals surface area (Å²) in [6, 6.07) is 8.21. The van der Waals surface area contributed by atoms with Gasteiger partial charge in [-0.05, 0) is 44.0 Å². The van der Waals surface area contributed by atoms with Crippen LogP contribution in [0, 0.1) is 5.92 Å². The molecule has 0 radical (unpaired) electrons. The van der Waals surface area contributed by atoms with E-state index < -0.39 is 6.10 Å². The molecule has 0 unspecified atom stereocenters. The van der Waals surface area contributed by atoms with Crippen LogP contribution in [-0.4, -0.2) is 50.3 Å². The number of benzene rings is 1. The van der Waals surface area contributed by atoms with E-state index in [9.17, 15) is 4.79 Å². The van der Waals surface area contributed by atoms with Gasteiger partial charge in [0.1, 0.15) is 6.10 Å². The van der Waals surface area contributed by atoms with Gasteiger partial charge in [0, 0.05) is 19.7 Å². The maximum atomic E-state index is 12.6. The number of amides is 1. The Balaban J connectivity index is 1.90. The van der Waals surface area contributed by atoms with Crippen LogP contribution in [0.25, 0.3) is 0 Å². The summed E-state index contributed by atoms with van der Waals surface area (Å²) in [6.07, 6.45) is 1.79. The fourth-order valence-corrected chi connectivity index (χ4v) is 3.07. The lowest BCUT2D eigenvalue weighted by Gasteiger charge is -2.23. The van der Waals surface area contributed by atoms with Crippen LogP contribution in [0.2, 0.25) is 0 Å². The van der Waals surface area contributed by atoms with Crippen LogP contribution in [0.3, 0.4) is 0 Å². The van der Waals surface area contributed by atoms with Gasteiger partial charge in [0.15, 0.2) is 0 Å². The third-order valence-corrected chi connectivity index (χ3v) is 4.41. The summed E-state index contributed by atoms with van der Waals surface area (Å²) in [4.78, 5) is 14.7. The van der Waals surface area contributed by atoms with Gasteiger partial charge in [0.2, 0.25) is 5.91 Å². The molecule has 5 heteroatoms. The third-order valence-electron chi connectivity index (χ3n) is 4.41. The average Bonchev–Trinajstić information content (AvgIpc) is 3.07. The van der Waals surface area contributed by atoms with E-state index in [1.54, 1.807) is 0 Å². The molecule has 1 saturated heterocycles. The predicted octanol–water partition coefficient (Wildman–Crippen LogP) is 2.58. The highest BCUT2D eigenvalue weighted by Crippen LogP contribution is 2.16. The molecule has 0 aromatic heterocycles. The number of hydrogen-bond donors (Lipinski definition) is 1. The Kier molecular flexibility index (Phi) is 7.88. The van der Waals surface area contributed by atoms with E-state index in [1.807, 2.05) is 40.1 Å². The van der Waals surface area contributed by atoms with Gasteiger partial charge in [-0.3, -0.25) is 4.79 Å². The first-order valence-electron chi connectivity index (χ1n) is 9.19. The van der Waals surface area contributed by atoms with Crippen LogP contribution in [0.4, 0.5) is 0 Å². The zero-order valence-electron chi connectivity index (χ0n) is 16.0. The van der Waals surface area contributed by atoms with E-state index in [1.165, 1.54) is 5.56 Å². The van der Waals surface area contributed by atoms with Crippen LogP contribution in [0.1, 0.15) is 37.8 Å². The maximum absolute atomic E-state index is 12.6. The first-order valence-corrected chi connectivity index (χ1v) is 9.19. The quantitative estimate of drug-likeness (QED) is 0.745. The van der Waals surface area contributed by atoms with Crippen molar-refractivity contribution in [2.45, 2.75) is 52.0 Å². The molecular formula is C20H32N2O3. The summed E-state index contributed by atoms with van der Waals surface area (Å²) in [5.41, 5.74) is 2.38. The highest BCUT2D eigenvalue weighted by Gasteiger charge is 2.25. The van der Waals surface area contributed by atoms with Crippen LogP contribution in [0.15, 0.2) is 24.3 Å². The molecule has 25 heavy (non-hydrogen) atoms. The lowest BCUT2D eigenvalue weighted by molar-refractivity contribution is -0.138. The molecule has 1 aliphatic heterocycles. The highest BCUT2D eigenvalue weighted by atomic mass is 16.5. The zero-order valence-corrected chi connectivity index (χ0v) is 16.0. The summed E-state index contributed by atoms with van der Waals surface area (Å²) in [7, 11) is 4.09. The normalized spacial score (nSPS) is 18.7. The molecular weight excluding hydrogens is 316 g/mol. The second kappa shape index (κ2) is 9.90. The van der Waals surface area contributed by atoms with Crippen molar-refractivity contribution in [1.82, 2.24) is 10.2 Å². The van der Waals surface area contributed by atoms with Crippen LogP contribution < -0.4 is 5.32 Å². The monoisotopic (exact) mass is 348 g/mol. The minimum absolute atomic E-state index is 0.0485. The van der Waals surface area contributed by atoms with Crippen LogP contribution in [0.5, 0.6) is 0 Å². The van der Waals surface area contributed by atoms with E-state index >= 15 is 0 Å². The fraction of sp³-hybridized carbons (Fsp3) is 0.650. The van der Waals surface area contributed by atoms with Crippen molar-refractivity contribution in [2.24, 2.45) is 5.92 Å². The molecule has 1 aromatic rings. The van der Waals surface area contributed by atoms with Crippen molar-refractivity contribution in [1.29, 1.82) is 0 Å². The number of ether oxygens (including phenoxy) is 2. The van der Waals surface area contributed by atoms with Gasteiger partial charge in [-0.1, -0.05) is 38.1 Å². The zero-order chi connectivity index (χ0) is 18.2. The topological polar surface area (TPSA) is 50.8 Å². The van der Waals surface area contributed by atoms with Gasteiger partial charge in [-0.25, -0.2) is 0 Å². The van der Waals surface area contributed by atoms with Crippen molar-refractivity contribution in [3.05, 3.63) is 35.4 Å². The van der Waals surface area contributed by atoms with Gasteiger partial charge < -0.3 is 19.7 Å². The number of carbonyl (C=O) groups is 1. The molecule has 0 bridgehead atoms. The second-order valence-electron chi connectivity index (χ2n) is 7.36. The van der Waals surface area contributed by atoms with Crippen molar-refractivity contribution in [2.75, 3.05) is 27.3 Å². The first-order chi connectivity index (χ1) is 12.0. The Morgan fingerprint density at radius 2 is 2.04 bits per heavy atom. The van der Waals surface area contributed by atoms with Crippen molar-refractivity contribution in [3.8, 4) is 0 Å². The molecule has 1 N–H and O–H groups in total. The molecule has 0 saturated carbocycles. The van der Waals surface area contributed by atoms with Gasteiger partial charge in [0.05, 0.1) is 12.7 Å². The Bertz CT molecular complexity index is 539. The van der Waals surface area contributed by atoms with Crippen molar-refractivity contribution >= 4 is 5.91 Å². The second-order valence-corrected chi connectivity index (χ2v) is 7.36. The highest BCUT2D eigenvalue weighted by molar-refractivity contribution is 5.81. The summed E-state index contributed by atoms with van der Waals surface area (Å²) in [5.74, 6) is 0.0751. The van der Waals surface area contributed by atoms with E-state index in [0.29, 0.717) is 13.2 Å². The number of nitrogens with zero attached hydrogens (tertiary/aromatic N) is 1. The summed E-state index contributed by atoms with van der Waals surface area (Å²) in [6.45, 7) is 6.70. The molecule has 0 aliphatic carbocycles. The Morgan fingerprint density at radius 3 is 2.64 bits per heavy atom. The molecule has 5 nitrogen and oxygen atoms in total. The predicted molar refractivity (Wildman–Crippen MR) is 99.2 cm³/mol. The lowest BCUT2D eigenvalue weighted by Crippen LogP contribution is -2.40. The Hall–Kier alpha value is -1.43. The SMILES string of the molecule is CC(C)[C@@H](OC[C@@H]1CCCO1)C(=O)NCc1ccccc1CN(C)C. The number of hydrogen-bond acceptors (Lipinski definition) is 4. The van der Waals surface area contributed by atoms with E-state index in [0.717, 1.165) is 31.6 Å². The van der Waals surface area contributed by atoms with Crippen LogP contribution >= 0.6 is 0 Å².